The van der Waals surface area contributed by atoms with Gasteiger partial charge in [-0.05, 0) is 42.5 Å². The third-order valence-electron chi connectivity index (χ3n) is 4.99. The Bertz CT molecular complexity index is 1270. The summed E-state index contributed by atoms with van der Waals surface area (Å²) in [6, 6.07) is 12.3. The molecular formula is C23H26N4O4S2. The molecule has 0 aliphatic rings. The van der Waals surface area contributed by atoms with Crippen molar-refractivity contribution in [2.24, 2.45) is 0 Å². The molecule has 1 aromatic heterocycles. The summed E-state index contributed by atoms with van der Waals surface area (Å²) in [6.07, 6.45) is 5.20. The van der Waals surface area contributed by atoms with Gasteiger partial charge in [0.25, 0.3) is 0 Å². The average Bonchev–Trinajstić information content (AvgIpc) is 3.19. The van der Waals surface area contributed by atoms with Gasteiger partial charge in [0.15, 0.2) is 5.16 Å². The number of fused-ring (bicyclic) bond motifs is 1. The van der Waals surface area contributed by atoms with Crippen LogP contribution >= 0.6 is 11.8 Å². The van der Waals surface area contributed by atoms with Gasteiger partial charge in [0, 0.05) is 18.8 Å². The minimum absolute atomic E-state index is 0.117. The first-order valence-electron chi connectivity index (χ1n) is 10.4. The van der Waals surface area contributed by atoms with Crippen LogP contribution in [0.2, 0.25) is 0 Å². The van der Waals surface area contributed by atoms with Crippen molar-refractivity contribution in [3.8, 4) is 23.8 Å². The van der Waals surface area contributed by atoms with Crippen LogP contribution in [0.5, 0.6) is 5.75 Å². The van der Waals surface area contributed by atoms with E-state index in [2.05, 4.69) is 16.2 Å². The summed E-state index contributed by atoms with van der Waals surface area (Å²) in [5.74, 6) is 2.98. The number of hydrogen-bond donors (Lipinski definition) is 1. The predicted molar refractivity (Wildman–Crippen MR) is 130 cm³/mol. The van der Waals surface area contributed by atoms with Crippen molar-refractivity contribution in [1.82, 2.24) is 19.2 Å². The molecule has 2 aromatic carbocycles. The van der Waals surface area contributed by atoms with E-state index < -0.39 is 10.0 Å². The number of nitrogens with one attached hydrogen (secondary N) is 1. The number of amides is 1. The van der Waals surface area contributed by atoms with Crippen LogP contribution in [0.25, 0.3) is 16.7 Å². The van der Waals surface area contributed by atoms with E-state index >= 15 is 0 Å². The van der Waals surface area contributed by atoms with Gasteiger partial charge in [-0.2, -0.15) is 4.31 Å². The Hall–Kier alpha value is -3.00. The van der Waals surface area contributed by atoms with Crippen LogP contribution in [-0.2, 0) is 14.8 Å². The van der Waals surface area contributed by atoms with Gasteiger partial charge in [0.1, 0.15) is 5.75 Å². The average molecular weight is 487 g/mol. The summed E-state index contributed by atoms with van der Waals surface area (Å²) >= 11 is 1.24. The lowest BCUT2D eigenvalue weighted by Crippen LogP contribution is -2.30. The second-order valence-electron chi connectivity index (χ2n) is 6.94. The molecule has 0 radical (unpaired) electrons. The fraction of sp³-hybridized carbons (Fsp3) is 0.304. The van der Waals surface area contributed by atoms with E-state index in [1.807, 2.05) is 28.8 Å². The number of imidazole rings is 1. The lowest BCUT2D eigenvalue weighted by molar-refractivity contribution is -0.118. The van der Waals surface area contributed by atoms with Gasteiger partial charge in [0.2, 0.25) is 15.9 Å². The molecule has 174 valence electrons. The molecular weight excluding hydrogens is 460 g/mol. The van der Waals surface area contributed by atoms with Crippen LogP contribution in [0.15, 0.2) is 52.5 Å². The number of terminal acetylenes is 1. The Balaban J connectivity index is 2.08. The van der Waals surface area contributed by atoms with Crippen molar-refractivity contribution in [2.75, 3.05) is 32.5 Å². The smallest absolute Gasteiger partial charge is 0.243 e. The molecule has 1 N–H and O–H groups in total. The van der Waals surface area contributed by atoms with Crippen molar-refractivity contribution < 1.29 is 17.9 Å². The van der Waals surface area contributed by atoms with Gasteiger partial charge in [-0.3, -0.25) is 9.36 Å². The highest BCUT2D eigenvalue weighted by atomic mass is 32.2. The molecule has 0 saturated carbocycles. The molecule has 3 aromatic rings. The first-order chi connectivity index (χ1) is 15.8. The zero-order chi connectivity index (χ0) is 24.0. The van der Waals surface area contributed by atoms with Crippen LogP contribution in [-0.4, -0.2) is 60.7 Å². The molecule has 0 saturated heterocycles. The number of thioether (sulfide) groups is 1. The number of methoxy groups -OCH3 is 1. The van der Waals surface area contributed by atoms with E-state index in [1.54, 1.807) is 39.2 Å². The number of aromatic nitrogens is 2. The zero-order valence-electron chi connectivity index (χ0n) is 18.7. The maximum atomic E-state index is 13.0. The molecule has 0 atom stereocenters. The molecule has 0 bridgehead atoms. The lowest BCUT2D eigenvalue weighted by atomic mass is 10.2. The minimum atomic E-state index is -3.63. The van der Waals surface area contributed by atoms with Crippen LogP contribution in [0.4, 0.5) is 0 Å². The topological polar surface area (TPSA) is 93.5 Å². The van der Waals surface area contributed by atoms with E-state index in [-0.39, 0.29) is 23.1 Å². The normalized spacial score (nSPS) is 11.5. The second-order valence-corrected chi connectivity index (χ2v) is 9.82. The number of nitrogens with zero attached hydrogens (tertiary/aromatic N) is 3. The van der Waals surface area contributed by atoms with Gasteiger partial charge in [0.05, 0.1) is 35.3 Å². The summed E-state index contributed by atoms with van der Waals surface area (Å²) in [4.78, 5) is 16.9. The van der Waals surface area contributed by atoms with E-state index in [4.69, 9.17) is 11.2 Å². The minimum Gasteiger partial charge on any atom is -0.497 e. The van der Waals surface area contributed by atoms with Crippen LogP contribution < -0.4 is 10.1 Å². The van der Waals surface area contributed by atoms with E-state index in [1.165, 1.54) is 16.1 Å². The summed E-state index contributed by atoms with van der Waals surface area (Å²) in [5, 5.41) is 3.19. The Kier molecular flexibility index (Phi) is 8.02. The summed E-state index contributed by atoms with van der Waals surface area (Å²) < 4.78 is 34.5. The lowest BCUT2D eigenvalue weighted by Gasteiger charge is -2.18. The van der Waals surface area contributed by atoms with E-state index in [0.29, 0.717) is 29.5 Å². The number of carbonyl (C=O) groups excluding carboxylic acids is 1. The van der Waals surface area contributed by atoms with Gasteiger partial charge < -0.3 is 10.1 Å². The first-order valence-corrected chi connectivity index (χ1v) is 12.8. The van der Waals surface area contributed by atoms with Gasteiger partial charge in [-0.25, -0.2) is 13.4 Å². The van der Waals surface area contributed by atoms with Crippen LogP contribution in [0, 0.1) is 12.3 Å². The number of rotatable bonds is 10. The molecule has 3 rings (SSSR count). The van der Waals surface area contributed by atoms with Gasteiger partial charge >= 0.3 is 0 Å². The number of benzene rings is 2. The number of carbonyl (C=O) groups is 1. The largest absolute Gasteiger partial charge is 0.497 e. The number of sulfonamides is 1. The Morgan fingerprint density at radius 3 is 2.52 bits per heavy atom. The van der Waals surface area contributed by atoms with Crippen LogP contribution in [0.3, 0.4) is 0 Å². The van der Waals surface area contributed by atoms with Crippen molar-refractivity contribution in [1.29, 1.82) is 0 Å². The predicted octanol–water partition coefficient (Wildman–Crippen LogP) is 2.91. The third-order valence-corrected chi connectivity index (χ3v) is 7.97. The highest BCUT2D eigenvalue weighted by Gasteiger charge is 2.23. The van der Waals surface area contributed by atoms with E-state index in [9.17, 15) is 13.2 Å². The van der Waals surface area contributed by atoms with Crippen molar-refractivity contribution >= 4 is 38.7 Å². The summed E-state index contributed by atoms with van der Waals surface area (Å²) in [6.45, 7) is 4.52. The van der Waals surface area contributed by atoms with Crippen molar-refractivity contribution in [3.63, 3.8) is 0 Å². The number of ether oxygens (including phenoxy) is 1. The molecule has 8 nitrogen and oxygen atoms in total. The Morgan fingerprint density at radius 1 is 1.21 bits per heavy atom. The summed E-state index contributed by atoms with van der Waals surface area (Å²) in [5.41, 5.74) is 2.06. The van der Waals surface area contributed by atoms with Gasteiger partial charge in [-0.15, -0.1) is 6.42 Å². The maximum Gasteiger partial charge on any atom is 0.243 e. The van der Waals surface area contributed by atoms with Crippen molar-refractivity contribution in [2.45, 2.75) is 23.9 Å². The molecule has 33 heavy (non-hydrogen) atoms. The highest BCUT2D eigenvalue weighted by Crippen LogP contribution is 2.31. The fourth-order valence-corrected chi connectivity index (χ4v) is 5.66. The molecule has 0 aliphatic heterocycles. The number of hydrogen-bond acceptors (Lipinski definition) is 6. The standard InChI is InChI=1S/C23H26N4O4S2/c1-5-14-24-22(28)16-32-23-25-20-15-19(33(29,30)26(6-2)7-3)12-13-21(20)27(23)17-8-10-18(31-4)11-9-17/h1,8-13,15H,6-7,14,16H2,2-4H3,(H,24,28). The highest BCUT2D eigenvalue weighted by molar-refractivity contribution is 7.99. The molecule has 1 heterocycles. The molecule has 0 spiro atoms. The monoisotopic (exact) mass is 486 g/mol. The first kappa shape index (κ1) is 24.6. The molecule has 0 fully saturated rings. The molecule has 0 aliphatic carbocycles. The second kappa shape index (κ2) is 10.7. The maximum absolute atomic E-state index is 13.0. The van der Waals surface area contributed by atoms with Crippen LogP contribution in [0.1, 0.15) is 13.8 Å². The fourth-order valence-electron chi connectivity index (χ4n) is 3.32. The Labute approximate surface area is 198 Å². The van der Waals surface area contributed by atoms with Gasteiger partial charge in [-0.1, -0.05) is 31.5 Å². The molecule has 10 heteroatoms. The summed E-state index contributed by atoms with van der Waals surface area (Å²) in [7, 11) is -2.04. The van der Waals surface area contributed by atoms with Crippen molar-refractivity contribution in [3.05, 3.63) is 42.5 Å². The third kappa shape index (κ3) is 5.33. The SMILES string of the molecule is C#CCNC(=O)CSc1nc2cc(S(=O)(=O)N(CC)CC)ccc2n1-c1ccc(OC)cc1. The Morgan fingerprint density at radius 2 is 1.91 bits per heavy atom. The zero-order valence-corrected chi connectivity index (χ0v) is 20.4. The molecule has 1 amide bonds. The van der Waals surface area contributed by atoms with E-state index in [0.717, 1.165) is 11.2 Å². The quantitative estimate of drug-likeness (QED) is 0.350. The molecule has 0 unspecified atom stereocenters.